The lowest BCUT2D eigenvalue weighted by Crippen LogP contribution is -2.30. The van der Waals surface area contributed by atoms with Crippen molar-refractivity contribution in [3.8, 4) is 0 Å². The highest BCUT2D eigenvalue weighted by Crippen LogP contribution is 2.43. The third-order valence-electron chi connectivity index (χ3n) is 15.5. The number of unbranched alkanes of at least 4 members (excludes halogenated alkanes) is 43. The minimum atomic E-state index is -4.75. The Hall–Kier alpha value is -2.30. The van der Waals surface area contributed by atoms with Gasteiger partial charge in [0.25, 0.3) is 0 Å². The average molecular weight is 1180 g/mol. The van der Waals surface area contributed by atoms with Gasteiger partial charge in [0, 0.05) is 19.3 Å². The number of ether oxygens (including phenoxy) is 3. The molecule has 0 aromatic rings. The van der Waals surface area contributed by atoms with Gasteiger partial charge in [0.1, 0.15) is 12.7 Å². The van der Waals surface area contributed by atoms with E-state index in [0.29, 0.717) is 19.3 Å². The number of rotatable bonds is 66. The van der Waals surface area contributed by atoms with Gasteiger partial charge in [-0.05, 0) is 77.0 Å². The van der Waals surface area contributed by atoms with Gasteiger partial charge >= 0.3 is 25.7 Å². The molecule has 0 saturated heterocycles. The van der Waals surface area contributed by atoms with Crippen LogP contribution in [0.15, 0.2) is 36.5 Å². The molecule has 0 spiro atoms. The molecule has 0 aromatic heterocycles. The molecule has 0 aliphatic rings. The summed E-state index contributed by atoms with van der Waals surface area (Å²) in [5.74, 6) is -1.44. The highest BCUT2D eigenvalue weighted by Gasteiger charge is 2.28. The zero-order chi connectivity index (χ0) is 59.8. The predicted octanol–water partition coefficient (Wildman–Crippen LogP) is 21.5. The van der Waals surface area contributed by atoms with Crippen molar-refractivity contribution in [1.29, 1.82) is 0 Å². The minimum Gasteiger partial charge on any atom is -0.462 e. The third-order valence-corrected chi connectivity index (χ3v) is 16.5. The Bertz CT molecular complexity index is 1520. The minimum absolute atomic E-state index is 0.167. The van der Waals surface area contributed by atoms with Crippen LogP contribution in [0.25, 0.3) is 0 Å². The second kappa shape index (κ2) is 64.7. The Morgan fingerprint density at radius 3 is 0.939 bits per heavy atom. The lowest BCUT2D eigenvalue weighted by molar-refractivity contribution is -0.161. The monoisotopic (exact) mass is 1180 g/mol. The van der Waals surface area contributed by atoms with Crippen molar-refractivity contribution in [2.24, 2.45) is 0 Å². The maximum Gasteiger partial charge on any atom is 0.472 e. The number of phosphoric acid groups is 1. The summed E-state index contributed by atoms with van der Waals surface area (Å²) in [6.07, 6.45) is 70.9. The van der Waals surface area contributed by atoms with Crippen molar-refractivity contribution >= 4 is 25.7 Å². The average Bonchev–Trinajstić information content (AvgIpc) is 3.50. The molecule has 2 N–H and O–H groups in total. The van der Waals surface area contributed by atoms with Crippen LogP contribution < -0.4 is 0 Å². The summed E-state index contributed by atoms with van der Waals surface area (Å²) in [6, 6.07) is 0. The van der Waals surface area contributed by atoms with Gasteiger partial charge in [0.15, 0.2) is 6.10 Å². The number of hydrogen-bond donors (Lipinski definition) is 2. The Balaban J connectivity index is 4.65. The fourth-order valence-corrected chi connectivity index (χ4v) is 11.0. The molecular weight excluding hydrogens is 1050 g/mol. The van der Waals surface area contributed by atoms with Crippen LogP contribution in [0.5, 0.6) is 0 Å². The fourth-order valence-electron chi connectivity index (χ4n) is 10.2. The van der Waals surface area contributed by atoms with E-state index in [1.54, 1.807) is 0 Å². The number of hydrogen-bond acceptors (Lipinski definition) is 10. The summed E-state index contributed by atoms with van der Waals surface area (Å²) in [4.78, 5) is 48.9. The van der Waals surface area contributed by atoms with Crippen molar-refractivity contribution in [3.63, 3.8) is 0 Å². The SMILES string of the molecule is CCCCC/C=C\C/C=C\CCCCCCCCCCCC(=O)OC(COC(=O)CCCCCCCCCCCCCCCCCCCCC)COP(=O)(O)OCC(CO)OC(=O)CCCCCCCCC/C=C\CCCCCCCC. The van der Waals surface area contributed by atoms with Gasteiger partial charge in [0.2, 0.25) is 0 Å². The van der Waals surface area contributed by atoms with E-state index in [0.717, 1.165) is 77.0 Å². The van der Waals surface area contributed by atoms with Crippen LogP contribution in [-0.4, -0.2) is 66.5 Å². The Morgan fingerprint density at radius 1 is 0.341 bits per heavy atom. The Kier molecular flexibility index (Phi) is 62.9. The molecule has 82 heavy (non-hydrogen) atoms. The van der Waals surface area contributed by atoms with Crippen LogP contribution in [0.1, 0.15) is 355 Å². The Labute approximate surface area is 505 Å². The maximum atomic E-state index is 13.0. The smallest absolute Gasteiger partial charge is 0.462 e. The molecule has 0 saturated carbocycles. The molecule has 0 rings (SSSR count). The van der Waals surface area contributed by atoms with Crippen LogP contribution in [-0.2, 0) is 42.2 Å². The molecule has 0 fully saturated rings. The van der Waals surface area contributed by atoms with E-state index in [1.165, 1.54) is 218 Å². The van der Waals surface area contributed by atoms with E-state index in [2.05, 4.69) is 57.2 Å². The van der Waals surface area contributed by atoms with E-state index < -0.39 is 57.8 Å². The van der Waals surface area contributed by atoms with Gasteiger partial charge in [-0.2, -0.15) is 0 Å². The van der Waals surface area contributed by atoms with E-state index in [-0.39, 0.29) is 25.9 Å². The number of esters is 3. The number of phosphoric ester groups is 1. The molecular formula is C70H131O11P. The molecule has 0 bridgehead atoms. The quantitative estimate of drug-likeness (QED) is 0.0197. The molecule has 0 heterocycles. The highest BCUT2D eigenvalue weighted by molar-refractivity contribution is 7.47. The lowest BCUT2D eigenvalue weighted by Gasteiger charge is -2.21. The van der Waals surface area contributed by atoms with E-state index in [4.69, 9.17) is 23.3 Å². The van der Waals surface area contributed by atoms with Crippen LogP contribution in [0, 0.1) is 0 Å². The number of aliphatic hydroxyl groups is 1. The lowest BCUT2D eigenvalue weighted by atomic mass is 10.0. The molecule has 0 aliphatic heterocycles. The standard InChI is InChI=1S/C70H131O11P/c1-4-7-10-13-16-19-22-25-28-31-33-36-38-41-44-47-50-53-56-59-68(72)77-63-67(81-70(74)61-58-55-52-49-46-43-40-37-34-32-29-26-23-20-17-14-11-8-5-2)65-79-82(75,76)78-64-66(62-71)80-69(73)60-57-54-51-48-45-42-39-35-30-27-24-21-18-15-12-9-6-3/h17,20,26-27,29-30,66-67,71H,4-16,18-19,21-25,28,31-65H2,1-3H3,(H,75,76)/b20-17-,29-26-,30-27-. The first kappa shape index (κ1) is 79.7. The molecule has 3 atom stereocenters. The second-order valence-corrected chi connectivity index (χ2v) is 25.2. The zero-order valence-electron chi connectivity index (χ0n) is 53.7. The molecule has 11 nitrogen and oxygen atoms in total. The second-order valence-electron chi connectivity index (χ2n) is 23.7. The van der Waals surface area contributed by atoms with Crippen LogP contribution in [0.4, 0.5) is 0 Å². The summed E-state index contributed by atoms with van der Waals surface area (Å²) in [5, 5.41) is 9.87. The van der Waals surface area contributed by atoms with E-state index in [1.807, 2.05) is 0 Å². The van der Waals surface area contributed by atoms with Gasteiger partial charge in [-0.1, -0.05) is 295 Å². The van der Waals surface area contributed by atoms with Gasteiger partial charge < -0.3 is 24.2 Å². The molecule has 0 aliphatic carbocycles. The summed E-state index contributed by atoms with van der Waals surface area (Å²) in [6.45, 7) is 4.70. The van der Waals surface area contributed by atoms with E-state index in [9.17, 15) is 28.9 Å². The normalized spacial score (nSPS) is 13.4. The summed E-state index contributed by atoms with van der Waals surface area (Å²) >= 11 is 0. The Morgan fingerprint density at radius 2 is 0.598 bits per heavy atom. The number of carbonyl (C=O) groups is 3. The molecule has 0 aromatic carbocycles. The molecule has 482 valence electrons. The number of carbonyl (C=O) groups excluding carboxylic acids is 3. The largest absolute Gasteiger partial charge is 0.472 e. The number of aliphatic hydroxyl groups excluding tert-OH is 1. The summed E-state index contributed by atoms with van der Waals surface area (Å²) < 4.78 is 39.8. The topological polar surface area (TPSA) is 155 Å². The first-order valence-electron chi connectivity index (χ1n) is 34.9. The van der Waals surface area contributed by atoms with Gasteiger partial charge in [-0.3, -0.25) is 23.4 Å². The number of allylic oxidation sites excluding steroid dienone is 6. The van der Waals surface area contributed by atoms with Crippen molar-refractivity contribution < 1.29 is 52.2 Å². The predicted molar refractivity (Wildman–Crippen MR) is 344 cm³/mol. The first-order chi connectivity index (χ1) is 40.2. The van der Waals surface area contributed by atoms with E-state index >= 15 is 0 Å². The van der Waals surface area contributed by atoms with Crippen molar-refractivity contribution in [2.45, 2.75) is 367 Å². The van der Waals surface area contributed by atoms with Gasteiger partial charge in [-0.15, -0.1) is 0 Å². The van der Waals surface area contributed by atoms with Crippen molar-refractivity contribution in [2.75, 3.05) is 26.4 Å². The zero-order valence-corrected chi connectivity index (χ0v) is 54.6. The summed E-state index contributed by atoms with van der Waals surface area (Å²) in [5.41, 5.74) is 0. The third kappa shape index (κ3) is 62.2. The summed E-state index contributed by atoms with van der Waals surface area (Å²) in [7, 11) is -4.75. The maximum absolute atomic E-state index is 13.0. The van der Waals surface area contributed by atoms with Gasteiger partial charge in [-0.25, -0.2) is 4.57 Å². The van der Waals surface area contributed by atoms with Crippen molar-refractivity contribution in [3.05, 3.63) is 36.5 Å². The molecule has 12 heteroatoms. The van der Waals surface area contributed by atoms with Crippen molar-refractivity contribution in [1.82, 2.24) is 0 Å². The molecule has 0 amide bonds. The molecule has 0 radical (unpaired) electrons. The fraction of sp³-hybridized carbons (Fsp3) is 0.871. The molecule has 3 unspecified atom stereocenters. The van der Waals surface area contributed by atoms with Crippen LogP contribution >= 0.6 is 7.82 Å². The highest BCUT2D eigenvalue weighted by atomic mass is 31.2. The van der Waals surface area contributed by atoms with Crippen LogP contribution in [0.2, 0.25) is 0 Å². The van der Waals surface area contributed by atoms with Gasteiger partial charge in [0.05, 0.1) is 19.8 Å². The first-order valence-corrected chi connectivity index (χ1v) is 36.4. The van der Waals surface area contributed by atoms with Crippen LogP contribution in [0.3, 0.4) is 0 Å².